The second kappa shape index (κ2) is 7.43. The molecule has 1 fully saturated rings. The van der Waals surface area contributed by atoms with Crippen molar-refractivity contribution in [1.29, 1.82) is 0 Å². The first kappa shape index (κ1) is 17.1. The average Bonchev–Trinajstić information content (AvgIpc) is 3.12. The lowest BCUT2D eigenvalue weighted by atomic mass is 10.0. The Bertz CT molecular complexity index is 696. The molecule has 1 atom stereocenters. The van der Waals surface area contributed by atoms with Crippen LogP contribution >= 0.6 is 0 Å². The van der Waals surface area contributed by atoms with Gasteiger partial charge in [-0.2, -0.15) is 0 Å². The predicted molar refractivity (Wildman–Crippen MR) is 90.7 cm³/mol. The van der Waals surface area contributed by atoms with Crippen molar-refractivity contribution in [2.75, 3.05) is 13.1 Å². The Hall–Kier alpha value is -1.75. The molecule has 3 rings (SSSR count). The van der Waals surface area contributed by atoms with E-state index in [1.54, 1.807) is 6.07 Å². The molecule has 1 aromatic heterocycles. The average molecular weight is 333 g/mol. The lowest BCUT2D eigenvalue weighted by Gasteiger charge is -2.17. The summed E-state index contributed by atoms with van der Waals surface area (Å²) in [5.74, 6) is 0.737. The summed E-state index contributed by atoms with van der Waals surface area (Å²) in [5.41, 5.74) is 1.79. The fourth-order valence-electron chi connectivity index (χ4n) is 3.57. The van der Waals surface area contributed by atoms with Crippen LogP contribution in [0.4, 0.5) is 8.78 Å². The molecular formula is C19H25F2N3. The van der Waals surface area contributed by atoms with Crippen LogP contribution in [0.15, 0.2) is 24.4 Å². The van der Waals surface area contributed by atoms with Crippen molar-refractivity contribution in [1.82, 2.24) is 14.5 Å². The highest BCUT2D eigenvalue weighted by Gasteiger charge is 2.25. The molecule has 1 aliphatic heterocycles. The SMILES string of the molecule is CCCn1c(C)cnc1CC1CCN(Cc2ccc(F)cc2F)C1. The van der Waals surface area contributed by atoms with Gasteiger partial charge in [0, 0.05) is 49.6 Å². The number of imidazole rings is 1. The molecule has 5 heteroatoms. The van der Waals surface area contributed by atoms with Crippen molar-refractivity contribution in [3.8, 4) is 0 Å². The third-order valence-corrected chi connectivity index (χ3v) is 4.84. The molecule has 3 nitrogen and oxygen atoms in total. The Kier molecular flexibility index (Phi) is 5.29. The van der Waals surface area contributed by atoms with Gasteiger partial charge in [-0.15, -0.1) is 0 Å². The number of aromatic nitrogens is 2. The zero-order chi connectivity index (χ0) is 17.1. The van der Waals surface area contributed by atoms with Crippen molar-refractivity contribution in [2.45, 2.75) is 46.2 Å². The summed E-state index contributed by atoms with van der Waals surface area (Å²) >= 11 is 0. The van der Waals surface area contributed by atoms with Gasteiger partial charge < -0.3 is 4.57 Å². The van der Waals surface area contributed by atoms with E-state index < -0.39 is 11.6 Å². The maximum atomic E-state index is 13.8. The second-order valence-electron chi connectivity index (χ2n) is 6.80. The predicted octanol–water partition coefficient (Wildman–Crippen LogP) is 3.94. The van der Waals surface area contributed by atoms with Crippen LogP contribution in [-0.2, 0) is 19.5 Å². The molecule has 0 amide bonds. The Morgan fingerprint density at radius 2 is 2.12 bits per heavy atom. The van der Waals surface area contributed by atoms with Gasteiger partial charge in [-0.25, -0.2) is 13.8 Å². The maximum absolute atomic E-state index is 13.8. The highest BCUT2D eigenvalue weighted by atomic mass is 19.1. The number of likely N-dealkylation sites (tertiary alicyclic amines) is 1. The monoisotopic (exact) mass is 333 g/mol. The Labute approximate surface area is 142 Å². The number of rotatable bonds is 6. The number of halogens is 2. The molecule has 1 aromatic carbocycles. The Morgan fingerprint density at radius 1 is 1.29 bits per heavy atom. The topological polar surface area (TPSA) is 21.1 Å². The first-order valence-corrected chi connectivity index (χ1v) is 8.74. The highest BCUT2D eigenvalue weighted by Crippen LogP contribution is 2.23. The van der Waals surface area contributed by atoms with Crippen molar-refractivity contribution >= 4 is 0 Å². The lowest BCUT2D eigenvalue weighted by molar-refractivity contribution is 0.309. The quantitative estimate of drug-likeness (QED) is 0.798. The smallest absolute Gasteiger partial charge is 0.130 e. The molecule has 2 heterocycles. The molecule has 2 aromatic rings. The van der Waals surface area contributed by atoms with E-state index in [-0.39, 0.29) is 0 Å². The number of hydrogen-bond donors (Lipinski definition) is 0. The highest BCUT2D eigenvalue weighted by molar-refractivity contribution is 5.18. The van der Waals surface area contributed by atoms with Crippen molar-refractivity contribution in [3.05, 3.63) is 53.1 Å². The fourth-order valence-corrected chi connectivity index (χ4v) is 3.57. The summed E-state index contributed by atoms with van der Waals surface area (Å²) in [6.45, 7) is 7.73. The summed E-state index contributed by atoms with van der Waals surface area (Å²) in [6.07, 6.45) is 5.12. The summed E-state index contributed by atoms with van der Waals surface area (Å²) in [6, 6.07) is 3.85. The van der Waals surface area contributed by atoms with Crippen LogP contribution in [-0.4, -0.2) is 27.5 Å². The molecule has 130 valence electrons. The lowest BCUT2D eigenvalue weighted by Crippen LogP contribution is -2.22. The van der Waals surface area contributed by atoms with Gasteiger partial charge in [0.25, 0.3) is 0 Å². The molecule has 0 bridgehead atoms. The van der Waals surface area contributed by atoms with E-state index >= 15 is 0 Å². The molecule has 0 radical (unpaired) electrons. The van der Waals surface area contributed by atoms with Gasteiger partial charge >= 0.3 is 0 Å². The van der Waals surface area contributed by atoms with E-state index in [1.807, 2.05) is 6.20 Å². The summed E-state index contributed by atoms with van der Waals surface area (Å²) < 4.78 is 29.1. The molecule has 0 spiro atoms. The largest absolute Gasteiger partial charge is 0.332 e. The second-order valence-corrected chi connectivity index (χ2v) is 6.80. The molecular weight excluding hydrogens is 308 g/mol. The van der Waals surface area contributed by atoms with E-state index in [2.05, 4.69) is 28.3 Å². The maximum Gasteiger partial charge on any atom is 0.130 e. The van der Waals surface area contributed by atoms with Gasteiger partial charge in [0.15, 0.2) is 0 Å². The van der Waals surface area contributed by atoms with E-state index in [0.717, 1.165) is 50.8 Å². The van der Waals surface area contributed by atoms with Gasteiger partial charge in [0.2, 0.25) is 0 Å². The first-order chi connectivity index (χ1) is 11.6. The summed E-state index contributed by atoms with van der Waals surface area (Å²) in [4.78, 5) is 6.82. The number of nitrogens with zero attached hydrogens (tertiary/aromatic N) is 3. The summed E-state index contributed by atoms with van der Waals surface area (Å²) in [5, 5.41) is 0. The van der Waals surface area contributed by atoms with Gasteiger partial charge in [0.05, 0.1) is 0 Å². The van der Waals surface area contributed by atoms with Crippen molar-refractivity contribution in [3.63, 3.8) is 0 Å². The zero-order valence-electron chi connectivity index (χ0n) is 14.4. The minimum absolute atomic E-state index is 0.451. The van der Waals surface area contributed by atoms with Crippen LogP contribution in [0.1, 0.15) is 36.8 Å². The van der Waals surface area contributed by atoms with E-state index in [4.69, 9.17) is 0 Å². The van der Waals surface area contributed by atoms with Crippen LogP contribution in [0, 0.1) is 24.5 Å². The number of benzene rings is 1. The molecule has 24 heavy (non-hydrogen) atoms. The molecule has 1 unspecified atom stereocenters. The minimum Gasteiger partial charge on any atom is -0.332 e. The fraction of sp³-hybridized carbons (Fsp3) is 0.526. The first-order valence-electron chi connectivity index (χ1n) is 8.74. The van der Waals surface area contributed by atoms with E-state index in [0.29, 0.717) is 18.0 Å². The Balaban J connectivity index is 1.59. The van der Waals surface area contributed by atoms with Crippen LogP contribution in [0.3, 0.4) is 0 Å². The molecule has 0 N–H and O–H groups in total. The van der Waals surface area contributed by atoms with Gasteiger partial charge in [-0.3, -0.25) is 4.90 Å². The van der Waals surface area contributed by atoms with Crippen LogP contribution in [0.2, 0.25) is 0 Å². The standard InChI is InChI=1S/C19H25F2N3/c1-3-7-24-14(2)11-22-19(24)9-15-6-8-23(12-15)13-16-4-5-17(20)10-18(16)21/h4-5,10-11,15H,3,6-9,12-13H2,1-2H3. The normalized spacial score (nSPS) is 18.4. The van der Waals surface area contributed by atoms with Crippen LogP contribution < -0.4 is 0 Å². The third kappa shape index (κ3) is 3.83. The van der Waals surface area contributed by atoms with Gasteiger partial charge in [0.1, 0.15) is 17.5 Å². The molecule has 1 saturated heterocycles. The number of hydrogen-bond acceptors (Lipinski definition) is 2. The Morgan fingerprint density at radius 3 is 2.88 bits per heavy atom. The van der Waals surface area contributed by atoms with Crippen molar-refractivity contribution < 1.29 is 8.78 Å². The van der Waals surface area contributed by atoms with E-state index in [1.165, 1.54) is 11.8 Å². The van der Waals surface area contributed by atoms with Crippen LogP contribution in [0.25, 0.3) is 0 Å². The zero-order valence-corrected chi connectivity index (χ0v) is 14.4. The minimum atomic E-state index is -0.520. The van der Waals surface area contributed by atoms with E-state index in [9.17, 15) is 8.78 Å². The van der Waals surface area contributed by atoms with Crippen molar-refractivity contribution in [2.24, 2.45) is 5.92 Å². The molecule has 0 aliphatic carbocycles. The molecule has 0 saturated carbocycles. The van der Waals surface area contributed by atoms with Gasteiger partial charge in [-0.1, -0.05) is 13.0 Å². The van der Waals surface area contributed by atoms with Crippen LogP contribution in [0.5, 0.6) is 0 Å². The van der Waals surface area contributed by atoms with Gasteiger partial charge in [-0.05, 0) is 38.3 Å². The number of aryl methyl sites for hydroxylation is 1. The molecule has 1 aliphatic rings. The third-order valence-electron chi connectivity index (χ3n) is 4.84. The summed E-state index contributed by atoms with van der Waals surface area (Å²) in [7, 11) is 0.